The van der Waals surface area contributed by atoms with E-state index >= 15 is 0 Å². The summed E-state index contributed by atoms with van der Waals surface area (Å²) in [4.78, 5) is 23.9. The molecule has 2 aromatic rings. The lowest BCUT2D eigenvalue weighted by Gasteiger charge is -2.14. The molecule has 0 radical (unpaired) electrons. The molecule has 1 N–H and O–H groups in total. The molecule has 0 unspecified atom stereocenters. The van der Waals surface area contributed by atoms with E-state index in [1.54, 1.807) is 12.1 Å². The highest BCUT2D eigenvalue weighted by Gasteiger charge is 2.18. The van der Waals surface area contributed by atoms with E-state index in [-0.39, 0.29) is 12.5 Å². The predicted octanol–water partition coefficient (Wildman–Crippen LogP) is 3.58. The number of aryl methyl sites for hydroxylation is 2. The lowest BCUT2D eigenvalue weighted by Crippen LogP contribution is -2.36. The second kappa shape index (κ2) is 9.25. The van der Waals surface area contributed by atoms with Crippen LogP contribution in [0.5, 0.6) is 5.75 Å². The number of carbonyl (C=O) groups excluding carboxylic acids is 2. The van der Waals surface area contributed by atoms with Crippen LogP contribution in [0.2, 0.25) is 5.02 Å². The fourth-order valence-corrected chi connectivity index (χ4v) is 2.35. The Bertz CT molecular complexity index is 774. The van der Waals surface area contributed by atoms with Crippen molar-refractivity contribution in [2.75, 3.05) is 6.61 Å². The Balaban J connectivity index is 1.77. The van der Waals surface area contributed by atoms with Gasteiger partial charge in [0.15, 0.2) is 12.7 Å². The highest BCUT2D eigenvalue weighted by atomic mass is 35.5. The molecule has 138 valence electrons. The third-order valence-corrected chi connectivity index (χ3v) is 4.01. The number of ether oxygens (including phenoxy) is 2. The van der Waals surface area contributed by atoms with E-state index in [2.05, 4.69) is 5.32 Å². The first kappa shape index (κ1) is 19.8. The number of benzene rings is 2. The Morgan fingerprint density at radius 1 is 1.08 bits per heavy atom. The van der Waals surface area contributed by atoms with Crippen molar-refractivity contribution in [2.45, 2.75) is 33.4 Å². The van der Waals surface area contributed by atoms with Crippen LogP contribution >= 0.6 is 11.6 Å². The number of carbonyl (C=O) groups is 2. The molecule has 26 heavy (non-hydrogen) atoms. The molecule has 2 rings (SSSR count). The molecule has 0 heterocycles. The van der Waals surface area contributed by atoms with Crippen molar-refractivity contribution in [2.24, 2.45) is 0 Å². The van der Waals surface area contributed by atoms with Gasteiger partial charge in [-0.05, 0) is 44.0 Å². The number of nitrogens with one attached hydrogen (secondary N) is 1. The molecule has 5 nitrogen and oxygen atoms in total. The van der Waals surface area contributed by atoms with Gasteiger partial charge in [-0.25, -0.2) is 4.79 Å². The first-order chi connectivity index (χ1) is 12.3. The number of hydrogen-bond acceptors (Lipinski definition) is 4. The Kier molecular flexibility index (Phi) is 7.04. The van der Waals surface area contributed by atoms with E-state index in [9.17, 15) is 9.59 Å². The number of rotatable bonds is 7. The quantitative estimate of drug-likeness (QED) is 0.751. The number of amides is 1. The summed E-state index contributed by atoms with van der Waals surface area (Å²) in [5, 5.41) is 3.15. The van der Waals surface area contributed by atoms with Gasteiger partial charge in [0.2, 0.25) is 0 Å². The minimum absolute atomic E-state index is 0.321. The summed E-state index contributed by atoms with van der Waals surface area (Å²) in [7, 11) is 0. The summed E-state index contributed by atoms with van der Waals surface area (Å²) in [6.45, 7) is 5.45. The first-order valence-corrected chi connectivity index (χ1v) is 8.64. The first-order valence-electron chi connectivity index (χ1n) is 8.27. The zero-order chi connectivity index (χ0) is 19.1. The van der Waals surface area contributed by atoms with Crippen molar-refractivity contribution in [1.29, 1.82) is 0 Å². The van der Waals surface area contributed by atoms with Gasteiger partial charge in [-0.2, -0.15) is 0 Å². The molecule has 0 aliphatic carbocycles. The molecule has 0 fully saturated rings. The maximum atomic E-state index is 12.0. The van der Waals surface area contributed by atoms with Gasteiger partial charge in [0, 0.05) is 6.54 Å². The van der Waals surface area contributed by atoms with Gasteiger partial charge in [0.05, 0.1) is 5.02 Å². The highest BCUT2D eigenvalue weighted by Crippen LogP contribution is 2.25. The third-order valence-electron chi connectivity index (χ3n) is 3.70. The average Bonchev–Trinajstić information content (AvgIpc) is 2.61. The lowest BCUT2D eigenvalue weighted by atomic mass is 10.1. The molecule has 0 saturated carbocycles. The molecule has 0 aromatic heterocycles. The van der Waals surface area contributed by atoms with Crippen molar-refractivity contribution < 1.29 is 19.1 Å². The number of halogens is 1. The van der Waals surface area contributed by atoms with E-state index < -0.39 is 12.1 Å². The van der Waals surface area contributed by atoms with Gasteiger partial charge in [-0.3, -0.25) is 4.79 Å². The second-order valence-corrected chi connectivity index (χ2v) is 6.47. The van der Waals surface area contributed by atoms with Crippen molar-refractivity contribution in [1.82, 2.24) is 5.32 Å². The molecular weight excluding hydrogens is 354 g/mol. The Hall–Kier alpha value is -2.53. The van der Waals surface area contributed by atoms with E-state index in [0.29, 0.717) is 17.3 Å². The monoisotopic (exact) mass is 375 g/mol. The molecule has 0 aliphatic heterocycles. The normalized spacial score (nSPS) is 11.5. The van der Waals surface area contributed by atoms with E-state index in [4.69, 9.17) is 21.1 Å². The number of esters is 1. The zero-order valence-corrected chi connectivity index (χ0v) is 15.8. The maximum Gasteiger partial charge on any atom is 0.344 e. The van der Waals surface area contributed by atoms with Gasteiger partial charge in [-0.15, -0.1) is 0 Å². The smallest absolute Gasteiger partial charge is 0.344 e. The Morgan fingerprint density at radius 3 is 2.42 bits per heavy atom. The fourth-order valence-electron chi connectivity index (χ4n) is 2.18. The molecular formula is C20H22ClNO4. The molecule has 0 bridgehead atoms. The summed E-state index contributed by atoms with van der Waals surface area (Å²) in [5.41, 5.74) is 3.08. The Morgan fingerprint density at radius 2 is 1.73 bits per heavy atom. The van der Waals surface area contributed by atoms with Crippen molar-refractivity contribution in [3.63, 3.8) is 0 Å². The SMILES string of the molecule is Cc1ccc(CNC(=O)[C@H](C)OC(=O)COc2cc(C)ccc2Cl)cc1. The van der Waals surface area contributed by atoms with Crippen molar-refractivity contribution in [3.05, 3.63) is 64.2 Å². The lowest BCUT2D eigenvalue weighted by molar-refractivity contribution is -0.156. The molecule has 1 amide bonds. The largest absolute Gasteiger partial charge is 0.480 e. The van der Waals surface area contributed by atoms with E-state index in [1.807, 2.05) is 44.2 Å². The van der Waals surface area contributed by atoms with Crippen LogP contribution in [0, 0.1) is 13.8 Å². The van der Waals surface area contributed by atoms with E-state index in [0.717, 1.165) is 16.7 Å². The summed E-state index contributed by atoms with van der Waals surface area (Å²) in [6, 6.07) is 13.1. The molecule has 0 spiro atoms. The minimum atomic E-state index is -0.912. The van der Waals surface area contributed by atoms with Gasteiger partial charge in [0.1, 0.15) is 5.75 Å². The fraction of sp³-hybridized carbons (Fsp3) is 0.300. The van der Waals surface area contributed by atoms with Crippen LogP contribution in [-0.4, -0.2) is 24.6 Å². The highest BCUT2D eigenvalue weighted by molar-refractivity contribution is 6.32. The van der Waals surface area contributed by atoms with Crippen LogP contribution in [0.15, 0.2) is 42.5 Å². The average molecular weight is 376 g/mol. The molecule has 0 aliphatic rings. The van der Waals surface area contributed by atoms with Gasteiger partial charge < -0.3 is 14.8 Å². The summed E-state index contributed by atoms with van der Waals surface area (Å²) < 4.78 is 10.5. The predicted molar refractivity (Wildman–Crippen MR) is 100 cm³/mol. The van der Waals surface area contributed by atoms with Crippen LogP contribution in [0.1, 0.15) is 23.6 Å². The van der Waals surface area contributed by atoms with Crippen LogP contribution in [0.4, 0.5) is 0 Å². The summed E-state index contributed by atoms with van der Waals surface area (Å²) in [6.07, 6.45) is -0.912. The minimum Gasteiger partial charge on any atom is -0.480 e. The Labute approximate surface area is 158 Å². The maximum absolute atomic E-state index is 12.0. The standard InChI is InChI=1S/C20H22ClNO4/c1-13-4-7-16(8-5-13)11-22-20(24)15(3)26-19(23)12-25-18-10-14(2)6-9-17(18)21/h4-10,15H,11-12H2,1-3H3,(H,22,24)/t15-/m0/s1. The molecule has 1 atom stereocenters. The third kappa shape index (κ3) is 6.08. The van der Waals surface area contributed by atoms with E-state index in [1.165, 1.54) is 6.92 Å². The van der Waals surface area contributed by atoms with Crippen LogP contribution in [-0.2, 0) is 20.9 Å². The second-order valence-electron chi connectivity index (χ2n) is 6.06. The number of hydrogen-bond donors (Lipinski definition) is 1. The van der Waals surface area contributed by atoms with Crippen molar-refractivity contribution in [3.8, 4) is 5.75 Å². The van der Waals surface area contributed by atoms with Crippen LogP contribution < -0.4 is 10.1 Å². The van der Waals surface area contributed by atoms with Crippen molar-refractivity contribution >= 4 is 23.5 Å². The van der Waals surface area contributed by atoms with Crippen LogP contribution in [0.3, 0.4) is 0 Å². The summed E-state index contributed by atoms with van der Waals surface area (Å²) in [5.74, 6) is -0.604. The molecule has 6 heteroatoms. The van der Waals surface area contributed by atoms with Gasteiger partial charge in [0.25, 0.3) is 5.91 Å². The topological polar surface area (TPSA) is 64.6 Å². The van der Waals surface area contributed by atoms with Crippen LogP contribution in [0.25, 0.3) is 0 Å². The summed E-state index contributed by atoms with van der Waals surface area (Å²) >= 11 is 6.00. The zero-order valence-electron chi connectivity index (χ0n) is 15.0. The molecule has 0 saturated heterocycles. The molecule has 2 aromatic carbocycles. The van der Waals surface area contributed by atoms with Gasteiger partial charge >= 0.3 is 5.97 Å². The van der Waals surface area contributed by atoms with Gasteiger partial charge in [-0.1, -0.05) is 47.5 Å².